The summed E-state index contributed by atoms with van der Waals surface area (Å²) in [4.78, 5) is 7.08. The normalized spacial score (nSPS) is 11.4. The zero-order chi connectivity index (χ0) is 39.1. The SMILES string of the molecule is c1ccc(N(c2ccccc2)c2ccc3sc4cc(N(c5ccc6oc7ccccc7c6c5)c5ccccc5N(c5ccccc5)c5ccccc5)ccc4c3c2)cc1. The first kappa shape index (κ1) is 34.6. The lowest BCUT2D eigenvalue weighted by Gasteiger charge is -2.33. The van der Waals surface area contributed by atoms with Crippen molar-refractivity contribution in [2.24, 2.45) is 0 Å². The van der Waals surface area contributed by atoms with Gasteiger partial charge in [-0.2, -0.15) is 0 Å². The molecule has 0 N–H and O–H groups in total. The van der Waals surface area contributed by atoms with Crippen LogP contribution in [0.5, 0.6) is 0 Å². The number of benzene rings is 9. The smallest absolute Gasteiger partial charge is 0.135 e. The molecule has 5 heteroatoms. The molecule has 2 heterocycles. The predicted octanol–water partition coefficient (Wildman–Crippen LogP) is 16.4. The molecule has 0 spiro atoms. The molecule has 0 radical (unpaired) electrons. The third kappa shape index (κ3) is 6.25. The van der Waals surface area contributed by atoms with Crippen molar-refractivity contribution >= 4 is 105 Å². The maximum absolute atomic E-state index is 6.32. The van der Waals surface area contributed by atoms with Gasteiger partial charge in [-0.05, 0) is 115 Å². The highest BCUT2D eigenvalue weighted by Gasteiger charge is 2.24. The summed E-state index contributed by atoms with van der Waals surface area (Å²) in [7, 11) is 0. The van der Waals surface area contributed by atoms with Crippen LogP contribution in [0.3, 0.4) is 0 Å². The van der Waals surface area contributed by atoms with Crippen LogP contribution in [0.2, 0.25) is 0 Å². The summed E-state index contributed by atoms with van der Waals surface area (Å²) in [5, 5.41) is 4.66. The second kappa shape index (κ2) is 14.7. The van der Waals surface area contributed by atoms with E-state index in [9.17, 15) is 0 Å². The predicted molar refractivity (Wildman–Crippen MR) is 251 cm³/mol. The van der Waals surface area contributed by atoms with Gasteiger partial charge >= 0.3 is 0 Å². The number of hydrogen-bond donors (Lipinski definition) is 0. The summed E-state index contributed by atoms with van der Waals surface area (Å²) in [5.41, 5.74) is 11.5. The third-order valence-corrected chi connectivity index (χ3v) is 12.1. The van der Waals surface area contributed by atoms with E-state index >= 15 is 0 Å². The van der Waals surface area contributed by atoms with Crippen LogP contribution in [0, 0.1) is 0 Å². The van der Waals surface area contributed by atoms with Crippen LogP contribution in [-0.4, -0.2) is 0 Å². The molecule has 0 fully saturated rings. The molecule has 59 heavy (non-hydrogen) atoms. The number of anilines is 9. The van der Waals surface area contributed by atoms with E-state index in [2.05, 4.69) is 227 Å². The minimum atomic E-state index is 0.870. The highest BCUT2D eigenvalue weighted by atomic mass is 32.1. The van der Waals surface area contributed by atoms with Gasteiger partial charge < -0.3 is 19.1 Å². The van der Waals surface area contributed by atoms with Gasteiger partial charge in [-0.3, -0.25) is 0 Å². The molecule has 2 aromatic heterocycles. The maximum Gasteiger partial charge on any atom is 0.135 e. The van der Waals surface area contributed by atoms with Gasteiger partial charge in [-0.25, -0.2) is 0 Å². The van der Waals surface area contributed by atoms with Gasteiger partial charge in [0.1, 0.15) is 11.2 Å². The quantitative estimate of drug-likeness (QED) is 0.146. The number of furan rings is 1. The molecular weight excluding hydrogens is 739 g/mol. The second-order valence-electron chi connectivity index (χ2n) is 14.6. The molecule has 11 rings (SSSR count). The van der Waals surface area contributed by atoms with E-state index < -0.39 is 0 Å². The Kier molecular flexibility index (Phi) is 8.64. The Balaban J connectivity index is 1.10. The van der Waals surface area contributed by atoms with E-state index in [1.165, 1.54) is 20.2 Å². The van der Waals surface area contributed by atoms with Crippen molar-refractivity contribution in [1.29, 1.82) is 0 Å². The van der Waals surface area contributed by atoms with Gasteiger partial charge in [0.15, 0.2) is 0 Å². The summed E-state index contributed by atoms with van der Waals surface area (Å²) >= 11 is 1.84. The Morgan fingerprint density at radius 2 is 0.712 bits per heavy atom. The summed E-state index contributed by atoms with van der Waals surface area (Å²) in [5.74, 6) is 0. The molecule has 0 saturated heterocycles. The Labute approximate surface area is 346 Å². The van der Waals surface area contributed by atoms with Crippen LogP contribution in [-0.2, 0) is 0 Å². The standard InChI is InChI=1S/C54H37N3OS/c1-5-17-38(18-6-1)55(39-19-7-2-8-20-39)42-31-34-53-48(36-42)46-32-29-44(37-54(46)59-53)57(43-30-33-52-47(35-43)45-25-13-16-28-51(45)58-52)50-27-15-14-26-49(50)56(40-21-9-3-10-22-40)41-23-11-4-12-24-41/h1-37H. The van der Waals surface area contributed by atoms with E-state index in [1.54, 1.807) is 0 Å². The van der Waals surface area contributed by atoms with Crippen LogP contribution in [0.4, 0.5) is 51.2 Å². The maximum atomic E-state index is 6.32. The van der Waals surface area contributed by atoms with Crippen molar-refractivity contribution < 1.29 is 4.42 Å². The Morgan fingerprint density at radius 1 is 0.271 bits per heavy atom. The van der Waals surface area contributed by atoms with E-state index in [-0.39, 0.29) is 0 Å². The van der Waals surface area contributed by atoms with Gasteiger partial charge in [0.25, 0.3) is 0 Å². The second-order valence-corrected chi connectivity index (χ2v) is 15.7. The van der Waals surface area contributed by atoms with Gasteiger partial charge in [-0.1, -0.05) is 109 Å². The zero-order valence-corrected chi connectivity index (χ0v) is 32.8. The fourth-order valence-corrected chi connectivity index (χ4v) is 9.46. The Bertz CT molecular complexity index is 3160. The topological polar surface area (TPSA) is 22.9 Å². The highest BCUT2D eigenvalue weighted by Crippen LogP contribution is 2.48. The van der Waals surface area contributed by atoms with Gasteiger partial charge in [0.05, 0.1) is 11.4 Å². The van der Waals surface area contributed by atoms with Crippen molar-refractivity contribution in [3.8, 4) is 0 Å². The van der Waals surface area contributed by atoms with Crippen molar-refractivity contribution in [3.05, 3.63) is 224 Å². The largest absolute Gasteiger partial charge is 0.456 e. The molecule has 280 valence electrons. The van der Waals surface area contributed by atoms with E-state index in [4.69, 9.17) is 4.42 Å². The molecule has 9 aromatic carbocycles. The van der Waals surface area contributed by atoms with E-state index in [0.29, 0.717) is 0 Å². The van der Waals surface area contributed by atoms with Crippen LogP contribution in [0.15, 0.2) is 229 Å². The number of para-hydroxylation sites is 7. The number of nitrogens with zero attached hydrogens (tertiary/aromatic N) is 3. The lowest BCUT2D eigenvalue weighted by molar-refractivity contribution is 0.669. The lowest BCUT2D eigenvalue weighted by Crippen LogP contribution is -2.16. The van der Waals surface area contributed by atoms with Gasteiger partial charge in [0, 0.05) is 70.8 Å². The Hall–Kier alpha value is -7.60. The minimum absolute atomic E-state index is 0.870. The molecule has 0 amide bonds. The monoisotopic (exact) mass is 775 g/mol. The summed E-state index contributed by atoms with van der Waals surface area (Å²) in [6.45, 7) is 0. The lowest BCUT2D eigenvalue weighted by atomic mass is 10.1. The fraction of sp³-hybridized carbons (Fsp3) is 0. The van der Waals surface area contributed by atoms with Gasteiger partial charge in [0.2, 0.25) is 0 Å². The van der Waals surface area contributed by atoms with Crippen LogP contribution in [0.25, 0.3) is 42.1 Å². The van der Waals surface area contributed by atoms with Crippen LogP contribution in [0.1, 0.15) is 0 Å². The number of fused-ring (bicyclic) bond motifs is 6. The number of hydrogen-bond acceptors (Lipinski definition) is 5. The number of rotatable bonds is 9. The van der Waals surface area contributed by atoms with Crippen molar-refractivity contribution in [2.75, 3.05) is 14.7 Å². The molecule has 0 aliphatic rings. The van der Waals surface area contributed by atoms with E-state index in [1.807, 2.05) is 23.5 Å². The summed E-state index contributed by atoms with van der Waals surface area (Å²) in [6, 6.07) is 79.8. The molecule has 4 nitrogen and oxygen atoms in total. The van der Waals surface area contributed by atoms with Crippen molar-refractivity contribution in [3.63, 3.8) is 0 Å². The first-order valence-corrected chi connectivity index (χ1v) is 20.7. The van der Waals surface area contributed by atoms with Gasteiger partial charge in [-0.15, -0.1) is 11.3 Å². The molecule has 0 bridgehead atoms. The van der Waals surface area contributed by atoms with Crippen molar-refractivity contribution in [2.45, 2.75) is 0 Å². The molecular formula is C54H37N3OS. The van der Waals surface area contributed by atoms with E-state index in [0.717, 1.165) is 73.1 Å². The zero-order valence-electron chi connectivity index (χ0n) is 32.0. The molecule has 0 atom stereocenters. The minimum Gasteiger partial charge on any atom is -0.456 e. The van der Waals surface area contributed by atoms with Crippen molar-refractivity contribution in [1.82, 2.24) is 0 Å². The average molecular weight is 776 g/mol. The highest BCUT2D eigenvalue weighted by molar-refractivity contribution is 7.25. The fourth-order valence-electron chi connectivity index (χ4n) is 8.34. The third-order valence-electron chi connectivity index (χ3n) is 11.0. The first-order chi connectivity index (χ1) is 29.3. The average Bonchev–Trinajstić information content (AvgIpc) is 3.86. The van der Waals surface area contributed by atoms with Crippen LogP contribution >= 0.6 is 11.3 Å². The molecule has 0 aliphatic carbocycles. The molecule has 0 aliphatic heterocycles. The first-order valence-electron chi connectivity index (χ1n) is 19.8. The molecule has 0 unspecified atom stereocenters. The summed E-state index contributed by atoms with van der Waals surface area (Å²) < 4.78 is 8.79. The number of thiophene rings is 1. The Morgan fingerprint density at radius 3 is 1.34 bits per heavy atom. The van der Waals surface area contributed by atoms with Crippen LogP contribution < -0.4 is 14.7 Å². The molecule has 0 saturated carbocycles. The molecule has 11 aromatic rings. The summed E-state index contributed by atoms with van der Waals surface area (Å²) in [6.07, 6.45) is 0.